The van der Waals surface area contributed by atoms with Crippen LogP contribution in [0.5, 0.6) is 5.88 Å². The second-order valence-corrected chi connectivity index (χ2v) is 6.47. The summed E-state index contributed by atoms with van der Waals surface area (Å²) in [6.45, 7) is 3.49. The van der Waals surface area contributed by atoms with Crippen molar-refractivity contribution in [2.24, 2.45) is 5.41 Å². The number of ether oxygens (including phenoxy) is 2. The van der Waals surface area contributed by atoms with Crippen LogP contribution in [0, 0.1) is 5.41 Å². The molecule has 8 heteroatoms. The fourth-order valence-corrected chi connectivity index (χ4v) is 3.71. The molecule has 1 aromatic rings. The van der Waals surface area contributed by atoms with Gasteiger partial charge >= 0.3 is 0 Å². The molecule has 24 heavy (non-hydrogen) atoms. The van der Waals surface area contributed by atoms with Gasteiger partial charge in [-0.15, -0.1) is 0 Å². The van der Waals surface area contributed by atoms with Crippen molar-refractivity contribution >= 4 is 17.7 Å². The first-order valence-electron chi connectivity index (χ1n) is 8.30. The molecule has 2 fully saturated rings. The normalized spacial score (nSPS) is 24.0. The van der Waals surface area contributed by atoms with Crippen LogP contribution < -0.4 is 15.4 Å². The van der Waals surface area contributed by atoms with Crippen LogP contribution in [0.4, 0.5) is 11.8 Å². The lowest BCUT2D eigenvalue weighted by molar-refractivity contribution is -0.145. The third kappa shape index (κ3) is 3.10. The fraction of sp³-hybridized carbons (Fsp3) is 0.688. The Bertz CT molecular complexity index is 611. The zero-order valence-electron chi connectivity index (χ0n) is 14.3. The molecule has 1 amide bonds. The number of aromatic nitrogens is 2. The summed E-state index contributed by atoms with van der Waals surface area (Å²) in [6.07, 6.45) is 2.78. The molecule has 0 saturated carbocycles. The molecule has 1 atom stereocenters. The highest BCUT2D eigenvalue weighted by Gasteiger charge is 2.48. The highest BCUT2D eigenvalue weighted by molar-refractivity contribution is 5.85. The van der Waals surface area contributed by atoms with Crippen LogP contribution in [0.2, 0.25) is 0 Å². The smallest absolute Gasteiger partial charge is 0.230 e. The molecule has 0 unspecified atom stereocenters. The number of rotatable bonds is 5. The van der Waals surface area contributed by atoms with Gasteiger partial charge in [0.25, 0.3) is 0 Å². The molecule has 2 N–H and O–H groups in total. The minimum Gasteiger partial charge on any atom is -0.481 e. The second kappa shape index (κ2) is 6.80. The zero-order valence-corrected chi connectivity index (χ0v) is 14.3. The summed E-state index contributed by atoms with van der Waals surface area (Å²) in [4.78, 5) is 25.3. The first kappa shape index (κ1) is 16.8. The van der Waals surface area contributed by atoms with Gasteiger partial charge in [0, 0.05) is 39.4 Å². The number of methoxy groups -OCH3 is 2. The van der Waals surface area contributed by atoms with E-state index in [1.165, 1.54) is 0 Å². The van der Waals surface area contributed by atoms with Crippen LogP contribution in [0.1, 0.15) is 19.3 Å². The lowest BCUT2D eigenvalue weighted by Crippen LogP contribution is -2.51. The quantitative estimate of drug-likeness (QED) is 0.839. The summed E-state index contributed by atoms with van der Waals surface area (Å²) in [6, 6.07) is 1.77. The Kier molecular flexibility index (Phi) is 4.75. The monoisotopic (exact) mass is 335 g/mol. The molecule has 0 aliphatic carbocycles. The lowest BCUT2D eigenvalue weighted by Gasteiger charge is -2.39. The highest BCUT2D eigenvalue weighted by Crippen LogP contribution is 2.41. The Balaban J connectivity index is 1.76. The Labute approximate surface area is 141 Å². The van der Waals surface area contributed by atoms with Crippen LogP contribution in [0.15, 0.2) is 6.07 Å². The summed E-state index contributed by atoms with van der Waals surface area (Å²) in [5, 5.41) is 0. The van der Waals surface area contributed by atoms with Gasteiger partial charge in [-0.25, -0.2) is 0 Å². The van der Waals surface area contributed by atoms with E-state index in [2.05, 4.69) is 14.9 Å². The largest absolute Gasteiger partial charge is 0.481 e. The van der Waals surface area contributed by atoms with E-state index >= 15 is 0 Å². The van der Waals surface area contributed by atoms with Crippen LogP contribution in [-0.4, -0.2) is 67.8 Å². The number of hydrogen-bond donors (Lipinski definition) is 1. The number of nitrogens with zero attached hydrogens (tertiary/aromatic N) is 4. The van der Waals surface area contributed by atoms with Gasteiger partial charge < -0.3 is 25.0 Å². The zero-order chi connectivity index (χ0) is 17.2. The van der Waals surface area contributed by atoms with Gasteiger partial charge in [0.15, 0.2) is 0 Å². The van der Waals surface area contributed by atoms with Crippen molar-refractivity contribution in [2.45, 2.75) is 19.3 Å². The predicted octanol–water partition coefficient (Wildman–Crippen LogP) is 0.533. The van der Waals surface area contributed by atoms with E-state index in [0.29, 0.717) is 25.6 Å². The lowest BCUT2D eigenvalue weighted by atomic mass is 9.78. The summed E-state index contributed by atoms with van der Waals surface area (Å²) < 4.78 is 10.3. The maximum atomic E-state index is 13.0. The molecule has 8 nitrogen and oxygen atoms in total. The van der Waals surface area contributed by atoms with Crippen LogP contribution in [0.3, 0.4) is 0 Å². The summed E-state index contributed by atoms with van der Waals surface area (Å²) in [5.41, 5.74) is 5.44. The van der Waals surface area contributed by atoms with E-state index in [1.807, 2.05) is 4.90 Å². The van der Waals surface area contributed by atoms with E-state index in [0.717, 1.165) is 38.2 Å². The number of nitrogens with two attached hydrogens (primary N) is 1. The number of anilines is 2. The third-order valence-electron chi connectivity index (χ3n) is 4.98. The molecule has 1 spiro atoms. The summed E-state index contributed by atoms with van der Waals surface area (Å²) >= 11 is 0. The standard InChI is InChI=1S/C16H25N5O3/c1-23-9-8-20-6-3-4-16(14(20)22)5-7-21(11-16)12-10-13(24-2)19-15(17)18-12/h10H,3-9,11H2,1-2H3,(H2,17,18,19)/t16-/m1/s1. The van der Waals surface area contributed by atoms with E-state index in [9.17, 15) is 4.79 Å². The molecule has 2 aliphatic rings. The number of hydrogen-bond acceptors (Lipinski definition) is 7. The SMILES string of the molecule is COCCN1CCC[C@]2(CCN(c3cc(OC)nc(N)n3)C2)C1=O. The fourth-order valence-electron chi connectivity index (χ4n) is 3.71. The van der Waals surface area contributed by atoms with E-state index in [4.69, 9.17) is 15.2 Å². The van der Waals surface area contributed by atoms with Gasteiger partial charge in [-0.3, -0.25) is 4.79 Å². The topological polar surface area (TPSA) is 93.8 Å². The molecule has 2 aliphatic heterocycles. The number of carbonyl (C=O) groups excluding carboxylic acids is 1. The predicted molar refractivity (Wildman–Crippen MR) is 89.9 cm³/mol. The van der Waals surface area contributed by atoms with Gasteiger partial charge in [-0.2, -0.15) is 9.97 Å². The van der Waals surface area contributed by atoms with Crippen molar-refractivity contribution < 1.29 is 14.3 Å². The van der Waals surface area contributed by atoms with Crippen molar-refractivity contribution in [3.8, 4) is 5.88 Å². The molecule has 3 heterocycles. The van der Waals surface area contributed by atoms with Crippen molar-refractivity contribution in [1.29, 1.82) is 0 Å². The Morgan fingerprint density at radius 3 is 2.88 bits per heavy atom. The van der Waals surface area contributed by atoms with Crippen molar-refractivity contribution in [3.63, 3.8) is 0 Å². The molecule has 132 valence electrons. The summed E-state index contributed by atoms with van der Waals surface area (Å²) in [7, 11) is 3.21. The Morgan fingerprint density at radius 2 is 2.12 bits per heavy atom. The minimum absolute atomic E-state index is 0.182. The van der Waals surface area contributed by atoms with Gasteiger partial charge in [0.05, 0.1) is 19.1 Å². The van der Waals surface area contributed by atoms with E-state index < -0.39 is 0 Å². The van der Waals surface area contributed by atoms with E-state index in [1.54, 1.807) is 20.3 Å². The maximum absolute atomic E-state index is 13.0. The van der Waals surface area contributed by atoms with Crippen LogP contribution >= 0.6 is 0 Å². The molecule has 0 radical (unpaired) electrons. The maximum Gasteiger partial charge on any atom is 0.230 e. The first-order chi connectivity index (χ1) is 11.6. The third-order valence-corrected chi connectivity index (χ3v) is 4.98. The molecular weight excluding hydrogens is 310 g/mol. The van der Waals surface area contributed by atoms with Crippen molar-refractivity contribution in [2.75, 3.05) is 57.6 Å². The van der Waals surface area contributed by atoms with Gasteiger partial charge in [-0.05, 0) is 19.3 Å². The first-order valence-corrected chi connectivity index (χ1v) is 8.30. The number of piperidine rings is 1. The van der Waals surface area contributed by atoms with Crippen molar-refractivity contribution in [1.82, 2.24) is 14.9 Å². The summed E-state index contributed by atoms with van der Waals surface area (Å²) in [5.74, 6) is 1.58. The number of nitrogen functional groups attached to an aromatic ring is 1. The number of carbonyl (C=O) groups is 1. The number of amides is 1. The van der Waals surface area contributed by atoms with Gasteiger partial charge in [0.2, 0.25) is 17.7 Å². The van der Waals surface area contributed by atoms with Crippen molar-refractivity contribution in [3.05, 3.63) is 6.07 Å². The average Bonchev–Trinajstić information content (AvgIpc) is 3.01. The second-order valence-electron chi connectivity index (χ2n) is 6.47. The molecule has 2 saturated heterocycles. The Hall–Kier alpha value is -2.09. The molecule has 1 aromatic heterocycles. The van der Waals surface area contributed by atoms with E-state index in [-0.39, 0.29) is 17.3 Å². The van der Waals surface area contributed by atoms with Crippen LogP contribution in [0.25, 0.3) is 0 Å². The van der Waals surface area contributed by atoms with Gasteiger partial charge in [-0.1, -0.05) is 0 Å². The molecular formula is C16H25N5O3. The average molecular weight is 335 g/mol. The molecule has 0 bridgehead atoms. The highest BCUT2D eigenvalue weighted by atomic mass is 16.5. The Morgan fingerprint density at radius 1 is 1.29 bits per heavy atom. The van der Waals surface area contributed by atoms with Crippen LogP contribution in [-0.2, 0) is 9.53 Å². The molecule has 3 rings (SSSR count). The molecule has 0 aromatic carbocycles. The minimum atomic E-state index is -0.320. The number of likely N-dealkylation sites (tertiary alicyclic amines) is 1. The van der Waals surface area contributed by atoms with Gasteiger partial charge in [0.1, 0.15) is 5.82 Å².